The molecule has 4 aromatic rings. The number of para-hydroxylation sites is 1. The molecule has 37 heavy (non-hydrogen) atoms. The van der Waals surface area contributed by atoms with E-state index in [9.17, 15) is 4.79 Å². The SMILES string of the molecule is Cc1ccccc1NC(=O)CCN1C(=S)NC(c2ccccn2)C1c1cc(C)n(Cc2ccco2)c1C. The lowest BCUT2D eigenvalue weighted by Crippen LogP contribution is -2.33. The number of rotatable bonds is 8. The second kappa shape index (κ2) is 10.6. The molecule has 2 N–H and O–H groups in total. The van der Waals surface area contributed by atoms with E-state index in [0.717, 1.165) is 39.7 Å². The molecule has 0 bridgehead atoms. The maximum Gasteiger partial charge on any atom is 0.226 e. The molecule has 0 saturated carbocycles. The summed E-state index contributed by atoms with van der Waals surface area (Å²) in [6.45, 7) is 7.37. The molecule has 2 atom stereocenters. The summed E-state index contributed by atoms with van der Waals surface area (Å²) in [4.78, 5) is 19.7. The number of thiocarbonyl (C=S) groups is 1. The molecule has 2 unspecified atom stereocenters. The highest BCUT2D eigenvalue weighted by atomic mass is 32.1. The minimum Gasteiger partial charge on any atom is -0.467 e. The maximum absolute atomic E-state index is 12.9. The third-order valence-electron chi connectivity index (χ3n) is 7.02. The Morgan fingerprint density at radius 1 is 1.11 bits per heavy atom. The van der Waals surface area contributed by atoms with Crippen LogP contribution in [0.25, 0.3) is 0 Å². The number of carbonyl (C=O) groups excluding carboxylic acids is 1. The van der Waals surface area contributed by atoms with Crippen molar-refractivity contribution in [2.24, 2.45) is 0 Å². The zero-order chi connectivity index (χ0) is 25.9. The van der Waals surface area contributed by atoms with E-state index in [2.05, 4.69) is 45.0 Å². The fraction of sp³-hybridized carbons (Fsp3) is 0.276. The second-order valence-corrected chi connectivity index (χ2v) is 9.81. The molecule has 8 heteroatoms. The predicted octanol–water partition coefficient (Wildman–Crippen LogP) is 5.45. The Hall–Kier alpha value is -3.91. The van der Waals surface area contributed by atoms with Crippen LogP contribution in [0.3, 0.4) is 0 Å². The number of nitrogens with zero attached hydrogens (tertiary/aromatic N) is 3. The standard InChI is InChI=1S/C29H31N5O2S/c1-19-9-4-5-11-24(19)31-26(35)13-15-33-28(27(32-29(33)37)25-12-6-7-14-30-25)23-17-20(2)34(21(23)3)18-22-10-8-16-36-22/h4-12,14,16-17,27-28H,13,15,18H2,1-3H3,(H,31,35)(H,32,37). The molecule has 3 aromatic heterocycles. The van der Waals surface area contributed by atoms with E-state index in [0.29, 0.717) is 24.6 Å². The summed E-state index contributed by atoms with van der Waals surface area (Å²) in [5.41, 5.74) is 6.22. The van der Waals surface area contributed by atoms with Gasteiger partial charge in [0.25, 0.3) is 0 Å². The van der Waals surface area contributed by atoms with E-state index in [1.165, 1.54) is 0 Å². The summed E-state index contributed by atoms with van der Waals surface area (Å²) in [5, 5.41) is 7.15. The molecule has 0 spiro atoms. The predicted molar refractivity (Wildman–Crippen MR) is 148 cm³/mol. The van der Waals surface area contributed by atoms with Gasteiger partial charge in [0.2, 0.25) is 5.91 Å². The zero-order valence-electron chi connectivity index (χ0n) is 21.3. The van der Waals surface area contributed by atoms with Crippen LogP contribution in [0.15, 0.2) is 77.5 Å². The van der Waals surface area contributed by atoms with Crippen molar-refractivity contribution in [2.45, 2.75) is 45.8 Å². The highest BCUT2D eigenvalue weighted by Gasteiger charge is 2.41. The van der Waals surface area contributed by atoms with E-state index in [-0.39, 0.29) is 18.0 Å². The Morgan fingerprint density at radius 2 is 1.92 bits per heavy atom. The first-order valence-corrected chi connectivity index (χ1v) is 12.9. The van der Waals surface area contributed by atoms with Gasteiger partial charge in [-0.2, -0.15) is 0 Å². The van der Waals surface area contributed by atoms with Gasteiger partial charge in [0.05, 0.1) is 30.6 Å². The Labute approximate surface area is 222 Å². The number of aryl methyl sites for hydroxylation is 2. The summed E-state index contributed by atoms with van der Waals surface area (Å²) in [5.74, 6) is 0.861. The average Bonchev–Trinajstić information content (AvgIpc) is 3.60. The number of aromatic nitrogens is 2. The molecule has 1 aliphatic heterocycles. The minimum atomic E-state index is -0.134. The van der Waals surface area contributed by atoms with Crippen molar-refractivity contribution >= 4 is 28.9 Å². The van der Waals surface area contributed by atoms with Gasteiger partial charge >= 0.3 is 0 Å². The molecule has 1 fully saturated rings. The highest BCUT2D eigenvalue weighted by Crippen LogP contribution is 2.41. The molecule has 1 aliphatic rings. The number of anilines is 1. The van der Waals surface area contributed by atoms with Crippen LogP contribution in [-0.2, 0) is 11.3 Å². The van der Waals surface area contributed by atoms with Crippen molar-refractivity contribution in [1.29, 1.82) is 0 Å². The summed E-state index contributed by atoms with van der Waals surface area (Å²) in [6.07, 6.45) is 3.81. The summed E-state index contributed by atoms with van der Waals surface area (Å²) in [7, 11) is 0. The topological polar surface area (TPSA) is 75.3 Å². The van der Waals surface area contributed by atoms with Crippen molar-refractivity contribution in [3.8, 4) is 0 Å². The molecule has 4 heterocycles. The molecule has 1 amide bonds. The number of nitrogens with one attached hydrogen (secondary N) is 2. The van der Waals surface area contributed by atoms with Gasteiger partial charge in [0, 0.05) is 36.2 Å². The molecule has 1 saturated heterocycles. The molecule has 7 nitrogen and oxygen atoms in total. The lowest BCUT2D eigenvalue weighted by Gasteiger charge is -2.28. The molecule has 5 rings (SSSR count). The van der Waals surface area contributed by atoms with Crippen molar-refractivity contribution in [3.63, 3.8) is 0 Å². The van der Waals surface area contributed by atoms with Crippen molar-refractivity contribution in [2.75, 3.05) is 11.9 Å². The maximum atomic E-state index is 12.9. The van der Waals surface area contributed by atoms with Crippen LogP contribution in [0.5, 0.6) is 0 Å². The molecule has 0 radical (unpaired) electrons. The largest absolute Gasteiger partial charge is 0.467 e. The summed E-state index contributed by atoms with van der Waals surface area (Å²) < 4.78 is 7.87. The van der Waals surface area contributed by atoms with Gasteiger partial charge in [0.15, 0.2) is 5.11 Å². The number of benzene rings is 1. The van der Waals surface area contributed by atoms with Gasteiger partial charge in [-0.3, -0.25) is 9.78 Å². The third-order valence-corrected chi connectivity index (χ3v) is 7.37. The van der Waals surface area contributed by atoms with Gasteiger partial charge < -0.3 is 24.5 Å². The monoisotopic (exact) mass is 513 g/mol. The van der Waals surface area contributed by atoms with Crippen molar-refractivity contribution in [1.82, 2.24) is 19.8 Å². The first-order valence-electron chi connectivity index (χ1n) is 12.4. The van der Waals surface area contributed by atoms with E-state index >= 15 is 0 Å². The normalized spacial score (nSPS) is 17.2. The van der Waals surface area contributed by atoms with Gasteiger partial charge in [-0.25, -0.2) is 0 Å². The zero-order valence-corrected chi connectivity index (χ0v) is 22.1. The number of amides is 1. The lowest BCUT2D eigenvalue weighted by molar-refractivity contribution is -0.116. The smallest absolute Gasteiger partial charge is 0.226 e. The van der Waals surface area contributed by atoms with Crippen LogP contribution >= 0.6 is 12.2 Å². The third kappa shape index (κ3) is 5.15. The Balaban J connectivity index is 1.43. The van der Waals surface area contributed by atoms with E-state index in [4.69, 9.17) is 16.6 Å². The first-order chi connectivity index (χ1) is 17.9. The second-order valence-electron chi connectivity index (χ2n) is 9.43. The van der Waals surface area contributed by atoms with Gasteiger partial charge in [0.1, 0.15) is 5.76 Å². The highest BCUT2D eigenvalue weighted by molar-refractivity contribution is 7.80. The summed E-state index contributed by atoms with van der Waals surface area (Å²) >= 11 is 5.81. The van der Waals surface area contributed by atoms with Crippen LogP contribution in [0.2, 0.25) is 0 Å². The minimum absolute atomic E-state index is 0.0413. The molecule has 1 aromatic carbocycles. The molecule has 0 aliphatic carbocycles. The van der Waals surface area contributed by atoms with E-state index < -0.39 is 0 Å². The van der Waals surface area contributed by atoms with Crippen LogP contribution in [0, 0.1) is 20.8 Å². The van der Waals surface area contributed by atoms with Crippen molar-refractivity contribution in [3.05, 3.63) is 107 Å². The van der Waals surface area contributed by atoms with Crippen LogP contribution in [0.1, 0.15) is 52.5 Å². The van der Waals surface area contributed by atoms with Gasteiger partial charge in [-0.05, 0) is 80.5 Å². The Morgan fingerprint density at radius 3 is 2.65 bits per heavy atom. The molecule has 190 valence electrons. The van der Waals surface area contributed by atoms with Crippen LogP contribution in [0.4, 0.5) is 5.69 Å². The fourth-order valence-electron chi connectivity index (χ4n) is 5.06. The first kappa shape index (κ1) is 24.8. The quantitative estimate of drug-likeness (QED) is 0.305. The van der Waals surface area contributed by atoms with Crippen LogP contribution in [-0.4, -0.2) is 32.0 Å². The molecular formula is C29H31N5O2S. The number of hydrogen-bond donors (Lipinski definition) is 2. The average molecular weight is 514 g/mol. The number of pyridine rings is 1. The Kier molecular flexibility index (Phi) is 7.10. The summed E-state index contributed by atoms with van der Waals surface area (Å²) in [6, 6.07) is 19.6. The number of carbonyl (C=O) groups is 1. The van der Waals surface area contributed by atoms with E-state index in [1.807, 2.05) is 61.5 Å². The van der Waals surface area contributed by atoms with E-state index in [1.54, 1.807) is 12.5 Å². The number of furan rings is 1. The lowest BCUT2D eigenvalue weighted by atomic mass is 9.96. The fourth-order valence-corrected chi connectivity index (χ4v) is 5.39. The van der Waals surface area contributed by atoms with Crippen LogP contribution < -0.4 is 10.6 Å². The van der Waals surface area contributed by atoms with Crippen molar-refractivity contribution < 1.29 is 9.21 Å². The van der Waals surface area contributed by atoms with Gasteiger partial charge in [-0.1, -0.05) is 24.3 Å². The number of hydrogen-bond acceptors (Lipinski definition) is 4. The van der Waals surface area contributed by atoms with Gasteiger partial charge in [-0.15, -0.1) is 0 Å². The Bertz CT molecular complexity index is 1400. The molecular weight excluding hydrogens is 482 g/mol.